The summed E-state index contributed by atoms with van der Waals surface area (Å²) in [5.41, 5.74) is -0.699. The molecular formula is C20H22F6N2O4. The van der Waals surface area contributed by atoms with Crippen molar-refractivity contribution in [1.82, 2.24) is 9.80 Å². The molecule has 0 aliphatic carbocycles. The van der Waals surface area contributed by atoms with Crippen LogP contribution < -0.4 is 0 Å². The Balaban J connectivity index is 2.12. The van der Waals surface area contributed by atoms with E-state index < -0.39 is 61.7 Å². The quantitative estimate of drug-likeness (QED) is 0.491. The van der Waals surface area contributed by atoms with Crippen LogP contribution in [0.2, 0.25) is 0 Å². The number of carbonyl (C=O) groups is 3. The number of nitrogens with zero attached hydrogens (tertiary/aromatic N) is 2. The Hall–Kier alpha value is -2.79. The van der Waals surface area contributed by atoms with Gasteiger partial charge in [-0.3, -0.25) is 14.4 Å². The molecule has 1 aromatic rings. The molecule has 1 fully saturated rings. The lowest BCUT2D eigenvalue weighted by molar-refractivity contribution is -0.187. The topological polar surface area (TPSA) is 66.9 Å². The molecule has 0 spiro atoms. The molecular weight excluding hydrogens is 446 g/mol. The number of halogens is 6. The molecule has 1 saturated heterocycles. The highest BCUT2D eigenvalue weighted by atomic mass is 19.4. The zero-order valence-corrected chi connectivity index (χ0v) is 17.1. The minimum atomic E-state index is -5.22. The Morgan fingerprint density at radius 1 is 0.906 bits per heavy atom. The summed E-state index contributed by atoms with van der Waals surface area (Å²) >= 11 is 0. The van der Waals surface area contributed by atoms with Crippen LogP contribution in [0, 0.1) is 5.41 Å². The van der Waals surface area contributed by atoms with E-state index in [2.05, 4.69) is 0 Å². The van der Waals surface area contributed by atoms with E-state index in [0.717, 1.165) is 0 Å². The van der Waals surface area contributed by atoms with E-state index in [1.165, 1.54) is 6.92 Å². The standard InChI is InChI=1S/C20H22F6N2O4/c1-18(8-7-15(29)32-11-14-5-3-2-4-6-14)12-27(16(30)19(21,22)23)9-10-28(13-18)17(31)20(24,25)26/h2-6H,7-13H2,1H3. The average molecular weight is 468 g/mol. The predicted octanol–water partition coefficient (Wildman–Crippen LogP) is 3.31. The molecule has 0 atom stereocenters. The molecule has 2 amide bonds. The van der Waals surface area contributed by atoms with Crippen molar-refractivity contribution < 1.29 is 45.5 Å². The van der Waals surface area contributed by atoms with E-state index >= 15 is 0 Å². The van der Waals surface area contributed by atoms with Crippen molar-refractivity contribution in [2.24, 2.45) is 5.41 Å². The van der Waals surface area contributed by atoms with Crippen LogP contribution in [-0.4, -0.2) is 66.1 Å². The normalized spacial score (nSPS) is 17.0. The lowest BCUT2D eigenvalue weighted by atomic mass is 9.84. The molecule has 32 heavy (non-hydrogen) atoms. The highest BCUT2D eigenvalue weighted by Crippen LogP contribution is 2.32. The molecule has 1 aromatic carbocycles. The molecule has 0 bridgehead atoms. The van der Waals surface area contributed by atoms with Crippen LogP contribution in [-0.2, 0) is 25.7 Å². The maximum Gasteiger partial charge on any atom is 0.471 e. The van der Waals surface area contributed by atoms with Gasteiger partial charge in [-0.15, -0.1) is 0 Å². The third-order valence-corrected chi connectivity index (χ3v) is 5.02. The average Bonchev–Trinajstić information content (AvgIpc) is 2.88. The van der Waals surface area contributed by atoms with Gasteiger partial charge in [-0.05, 0) is 12.0 Å². The van der Waals surface area contributed by atoms with E-state index in [9.17, 15) is 40.7 Å². The largest absolute Gasteiger partial charge is 0.471 e. The molecule has 1 heterocycles. The Morgan fingerprint density at radius 2 is 1.38 bits per heavy atom. The summed E-state index contributed by atoms with van der Waals surface area (Å²) < 4.78 is 82.6. The van der Waals surface area contributed by atoms with Gasteiger partial charge in [-0.1, -0.05) is 37.3 Å². The van der Waals surface area contributed by atoms with Crippen molar-refractivity contribution in [2.75, 3.05) is 26.2 Å². The molecule has 0 radical (unpaired) electrons. The van der Waals surface area contributed by atoms with Gasteiger partial charge in [-0.2, -0.15) is 26.3 Å². The molecule has 1 aliphatic heterocycles. The van der Waals surface area contributed by atoms with Crippen molar-refractivity contribution in [3.8, 4) is 0 Å². The van der Waals surface area contributed by atoms with E-state index in [1.807, 2.05) is 0 Å². The summed E-state index contributed by atoms with van der Waals surface area (Å²) in [6, 6.07) is 8.64. The van der Waals surface area contributed by atoms with E-state index in [4.69, 9.17) is 4.74 Å². The smallest absolute Gasteiger partial charge is 0.461 e. The van der Waals surface area contributed by atoms with Gasteiger partial charge < -0.3 is 14.5 Å². The monoisotopic (exact) mass is 468 g/mol. The molecule has 0 aromatic heterocycles. The van der Waals surface area contributed by atoms with E-state index in [-0.39, 0.29) is 19.4 Å². The molecule has 1 aliphatic rings. The van der Waals surface area contributed by atoms with Gasteiger partial charge in [0.2, 0.25) is 0 Å². The van der Waals surface area contributed by atoms with Crippen LogP contribution in [0.15, 0.2) is 30.3 Å². The first kappa shape index (κ1) is 25.5. The van der Waals surface area contributed by atoms with Crippen molar-refractivity contribution in [3.05, 3.63) is 35.9 Å². The number of esters is 1. The van der Waals surface area contributed by atoms with Gasteiger partial charge in [0.05, 0.1) is 0 Å². The first-order chi connectivity index (χ1) is 14.7. The second kappa shape index (κ2) is 9.78. The van der Waals surface area contributed by atoms with Gasteiger partial charge in [0.1, 0.15) is 6.61 Å². The molecule has 178 valence electrons. The van der Waals surface area contributed by atoms with Gasteiger partial charge in [-0.25, -0.2) is 0 Å². The fourth-order valence-electron chi connectivity index (χ4n) is 3.45. The lowest BCUT2D eigenvalue weighted by Gasteiger charge is -2.34. The first-order valence-corrected chi connectivity index (χ1v) is 9.63. The summed E-state index contributed by atoms with van der Waals surface area (Å²) in [6.07, 6.45) is -11.0. The van der Waals surface area contributed by atoms with Crippen LogP contribution in [0.4, 0.5) is 26.3 Å². The molecule has 0 saturated carbocycles. The molecule has 6 nitrogen and oxygen atoms in total. The molecule has 0 unspecified atom stereocenters. The minimum Gasteiger partial charge on any atom is -0.461 e. The molecule has 2 rings (SSSR count). The lowest BCUT2D eigenvalue weighted by Crippen LogP contribution is -2.47. The predicted molar refractivity (Wildman–Crippen MR) is 98.8 cm³/mol. The summed E-state index contributed by atoms with van der Waals surface area (Å²) in [5, 5.41) is 0. The van der Waals surface area contributed by atoms with Crippen LogP contribution in [0.25, 0.3) is 0 Å². The second-order valence-electron chi connectivity index (χ2n) is 7.91. The third-order valence-electron chi connectivity index (χ3n) is 5.02. The molecule has 0 N–H and O–H groups in total. The van der Waals surface area contributed by atoms with Crippen molar-refractivity contribution in [2.45, 2.75) is 38.7 Å². The van der Waals surface area contributed by atoms with Crippen LogP contribution in [0.1, 0.15) is 25.3 Å². The van der Waals surface area contributed by atoms with Gasteiger partial charge in [0.15, 0.2) is 0 Å². The number of benzene rings is 1. The maximum absolute atomic E-state index is 12.9. The molecule has 12 heteroatoms. The first-order valence-electron chi connectivity index (χ1n) is 9.63. The van der Waals surface area contributed by atoms with E-state index in [0.29, 0.717) is 15.4 Å². The Kier molecular flexibility index (Phi) is 7.79. The van der Waals surface area contributed by atoms with Crippen LogP contribution >= 0.6 is 0 Å². The Labute approximate surface area is 180 Å². The number of ether oxygens (including phenoxy) is 1. The van der Waals surface area contributed by atoms with E-state index in [1.54, 1.807) is 30.3 Å². The van der Waals surface area contributed by atoms with Gasteiger partial charge in [0, 0.05) is 38.0 Å². The zero-order valence-electron chi connectivity index (χ0n) is 17.1. The number of carbonyl (C=O) groups excluding carboxylic acids is 3. The fraction of sp³-hybridized carbons (Fsp3) is 0.550. The Bertz CT molecular complexity index is 790. The second-order valence-corrected chi connectivity index (χ2v) is 7.91. The number of rotatable bonds is 5. The highest BCUT2D eigenvalue weighted by molar-refractivity contribution is 5.83. The van der Waals surface area contributed by atoms with Crippen molar-refractivity contribution in [3.63, 3.8) is 0 Å². The van der Waals surface area contributed by atoms with Crippen molar-refractivity contribution >= 4 is 17.8 Å². The third kappa shape index (κ3) is 7.13. The highest BCUT2D eigenvalue weighted by Gasteiger charge is 2.49. The number of amides is 2. The van der Waals surface area contributed by atoms with Crippen LogP contribution in [0.3, 0.4) is 0 Å². The fourth-order valence-corrected chi connectivity index (χ4v) is 3.45. The number of alkyl halides is 6. The zero-order chi connectivity index (χ0) is 24.2. The minimum absolute atomic E-state index is 0.0479. The number of hydrogen-bond acceptors (Lipinski definition) is 4. The maximum atomic E-state index is 12.9. The number of hydrogen-bond donors (Lipinski definition) is 0. The summed E-state index contributed by atoms with van der Waals surface area (Å²) in [7, 11) is 0. The van der Waals surface area contributed by atoms with Crippen molar-refractivity contribution in [1.29, 1.82) is 0 Å². The SMILES string of the molecule is CC1(CCC(=O)OCc2ccccc2)CN(C(=O)C(F)(F)F)CCN(C(=O)C(F)(F)F)C1. The summed E-state index contributed by atoms with van der Waals surface area (Å²) in [6.45, 7) is -1.29. The van der Waals surface area contributed by atoms with Crippen LogP contribution in [0.5, 0.6) is 0 Å². The van der Waals surface area contributed by atoms with Gasteiger partial charge >= 0.3 is 30.1 Å². The summed E-state index contributed by atoms with van der Waals surface area (Å²) in [5.74, 6) is -5.13. The Morgan fingerprint density at radius 3 is 1.81 bits per heavy atom. The van der Waals surface area contributed by atoms with Gasteiger partial charge in [0.25, 0.3) is 0 Å². The summed E-state index contributed by atoms with van der Waals surface area (Å²) in [4.78, 5) is 36.3.